The maximum atomic E-state index is 9.51. The Morgan fingerprint density at radius 2 is 1.14 bits per heavy atom. The van der Waals surface area contributed by atoms with E-state index in [2.05, 4.69) is 145 Å². The van der Waals surface area contributed by atoms with Crippen LogP contribution in [0.15, 0.2) is 170 Å². The van der Waals surface area contributed by atoms with Crippen LogP contribution in [0.25, 0.3) is 67.3 Å². The van der Waals surface area contributed by atoms with Crippen LogP contribution in [0.1, 0.15) is 39.9 Å². The third-order valence-corrected chi connectivity index (χ3v) is 10.3. The van der Waals surface area contributed by atoms with Crippen molar-refractivity contribution in [3.63, 3.8) is 0 Å². The second kappa shape index (κ2) is 12.7. The van der Waals surface area contributed by atoms with Crippen LogP contribution in [-0.2, 0) is 6.42 Å². The maximum Gasteiger partial charge on any atom is 0.0712 e. The Morgan fingerprint density at radius 1 is 0.569 bits per heavy atom. The topological polar surface area (TPSA) is 28.8 Å². The van der Waals surface area contributed by atoms with Crippen molar-refractivity contribution in [1.82, 2.24) is 4.57 Å². The monoisotopic (exact) mass is 652 g/mol. The minimum atomic E-state index is 0.496. The molecule has 0 atom stereocenters. The first-order valence-corrected chi connectivity index (χ1v) is 17.6. The number of nitrogens with one attached hydrogen (secondary N) is 1. The third-order valence-electron chi connectivity index (χ3n) is 10.3. The summed E-state index contributed by atoms with van der Waals surface area (Å²) < 4.78 is 2.25. The van der Waals surface area contributed by atoms with Crippen molar-refractivity contribution < 1.29 is 0 Å². The third kappa shape index (κ3) is 5.16. The molecule has 1 heterocycles. The average Bonchev–Trinajstić information content (AvgIpc) is 3.54. The van der Waals surface area contributed by atoms with Crippen LogP contribution in [0, 0.1) is 5.41 Å². The van der Waals surface area contributed by atoms with Gasteiger partial charge in [-0.2, -0.15) is 0 Å². The summed E-state index contributed by atoms with van der Waals surface area (Å²) in [5, 5.41) is 13.1. The van der Waals surface area contributed by atoms with Gasteiger partial charge < -0.3 is 4.57 Å². The van der Waals surface area contributed by atoms with Crippen LogP contribution >= 0.6 is 0 Å². The molecular formula is C49H36N2. The van der Waals surface area contributed by atoms with Gasteiger partial charge in [0, 0.05) is 22.2 Å². The molecule has 242 valence electrons. The van der Waals surface area contributed by atoms with Gasteiger partial charge in [-0.3, -0.25) is 5.41 Å². The van der Waals surface area contributed by atoms with Gasteiger partial charge in [0.2, 0.25) is 0 Å². The number of benzene rings is 7. The number of nitrogens with zero attached hydrogens (tertiary/aromatic N) is 1. The van der Waals surface area contributed by atoms with Crippen molar-refractivity contribution in [3.05, 3.63) is 204 Å². The molecule has 1 aliphatic carbocycles. The lowest BCUT2D eigenvalue weighted by Crippen LogP contribution is -2.05. The number of hydrogen-bond donors (Lipinski definition) is 1. The van der Waals surface area contributed by atoms with Crippen LogP contribution in [0.3, 0.4) is 0 Å². The van der Waals surface area contributed by atoms with Gasteiger partial charge in [-0.1, -0.05) is 152 Å². The Balaban J connectivity index is 1.31. The average molecular weight is 653 g/mol. The fourth-order valence-electron chi connectivity index (χ4n) is 8.09. The highest BCUT2D eigenvalue weighted by molar-refractivity contribution is 6.21. The SMILES string of the molecule is C=Cc1c(C(=N)c2ccccc2)c2cc(C3=Cc4c(c(-c5ccccc5)c5ccccc5c4-c4ccccc4)CC3)ccc2n1-c1ccccc1. The summed E-state index contributed by atoms with van der Waals surface area (Å²) in [5.74, 6) is 0. The number of rotatable bonds is 7. The second-order valence-electron chi connectivity index (χ2n) is 13.2. The summed E-state index contributed by atoms with van der Waals surface area (Å²) in [6.45, 7) is 4.25. The van der Waals surface area contributed by atoms with Gasteiger partial charge in [0.1, 0.15) is 0 Å². The standard InChI is InChI=1S/C49H36N2/c1-2-44-48(49(50)35-21-11-5-12-22-35)43-32-37(28-30-45(43)51(44)38-23-13-6-14-24-38)36-27-29-41-42(31-36)47(34-19-9-4-10-20-34)40-26-16-15-25-39(40)46(41)33-17-7-3-8-18-33/h2-26,28,30-32,50H,1,27,29H2. The Bertz CT molecular complexity index is 2630. The molecule has 0 bridgehead atoms. The lowest BCUT2D eigenvalue weighted by Gasteiger charge is -2.26. The molecule has 2 nitrogen and oxygen atoms in total. The molecule has 2 heteroatoms. The summed E-state index contributed by atoms with van der Waals surface area (Å²) in [7, 11) is 0. The molecule has 8 aromatic rings. The van der Waals surface area contributed by atoms with Crippen LogP contribution < -0.4 is 0 Å². The van der Waals surface area contributed by atoms with E-state index in [9.17, 15) is 5.41 Å². The predicted molar refractivity (Wildman–Crippen MR) is 217 cm³/mol. The van der Waals surface area contributed by atoms with Gasteiger partial charge in [0.25, 0.3) is 0 Å². The fourth-order valence-corrected chi connectivity index (χ4v) is 8.09. The summed E-state index contributed by atoms with van der Waals surface area (Å²) in [6, 6.07) is 57.9. The second-order valence-corrected chi connectivity index (χ2v) is 13.2. The van der Waals surface area contributed by atoms with Gasteiger partial charge >= 0.3 is 0 Å². The minimum Gasteiger partial charge on any atom is -0.309 e. The zero-order chi connectivity index (χ0) is 34.3. The zero-order valence-corrected chi connectivity index (χ0v) is 28.3. The fraction of sp³-hybridized carbons (Fsp3) is 0.0408. The summed E-state index contributed by atoms with van der Waals surface area (Å²) in [4.78, 5) is 0. The van der Waals surface area contributed by atoms with Crippen LogP contribution in [0.2, 0.25) is 0 Å². The maximum absolute atomic E-state index is 9.51. The Kier molecular flexibility index (Phi) is 7.63. The Morgan fingerprint density at radius 3 is 1.78 bits per heavy atom. The molecule has 1 N–H and O–H groups in total. The van der Waals surface area contributed by atoms with Gasteiger partial charge in [-0.15, -0.1) is 0 Å². The van der Waals surface area contributed by atoms with Crippen molar-refractivity contribution in [2.45, 2.75) is 12.8 Å². The van der Waals surface area contributed by atoms with E-state index in [0.717, 1.165) is 46.3 Å². The molecule has 1 aromatic heterocycles. The normalized spacial score (nSPS) is 12.4. The van der Waals surface area contributed by atoms with E-state index >= 15 is 0 Å². The molecule has 0 radical (unpaired) electrons. The van der Waals surface area contributed by atoms with Crippen molar-refractivity contribution in [2.75, 3.05) is 0 Å². The number of para-hydroxylation sites is 1. The summed E-state index contributed by atoms with van der Waals surface area (Å²) in [6.07, 6.45) is 6.21. The van der Waals surface area contributed by atoms with Crippen LogP contribution in [0.4, 0.5) is 0 Å². The first-order valence-electron chi connectivity index (χ1n) is 17.6. The van der Waals surface area contributed by atoms with Crippen molar-refractivity contribution in [2.24, 2.45) is 0 Å². The first-order chi connectivity index (χ1) is 25.2. The van der Waals surface area contributed by atoms with E-state index in [1.807, 2.05) is 42.5 Å². The van der Waals surface area contributed by atoms with Gasteiger partial charge in [0.15, 0.2) is 0 Å². The van der Waals surface area contributed by atoms with E-state index in [1.165, 1.54) is 55.3 Å². The molecule has 9 rings (SSSR count). The highest BCUT2D eigenvalue weighted by Crippen LogP contribution is 2.47. The molecule has 0 aliphatic heterocycles. The Hall–Kier alpha value is -6.51. The molecule has 0 amide bonds. The summed E-state index contributed by atoms with van der Waals surface area (Å²) >= 11 is 0. The van der Waals surface area contributed by atoms with Gasteiger partial charge in [-0.25, -0.2) is 0 Å². The molecule has 0 spiro atoms. The molecule has 1 aliphatic rings. The molecule has 7 aromatic carbocycles. The van der Waals surface area contributed by atoms with E-state index < -0.39 is 0 Å². The highest BCUT2D eigenvalue weighted by Gasteiger charge is 2.26. The Labute approximate surface area is 298 Å². The van der Waals surface area contributed by atoms with E-state index in [4.69, 9.17) is 0 Å². The molecule has 51 heavy (non-hydrogen) atoms. The molecule has 0 saturated heterocycles. The first kappa shape index (κ1) is 30.5. The van der Waals surface area contributed by atoms with E-state index in [0.29, 0.717) is 5.71 Å². The smallest absolute Gasteiger partial charge is 0.0712 e. The lowest BCUT2D eigenvalue weighted by molar-refractivity contribution is 1.01. The molecule has 0 fully saturated rings. The molecular weight excluding hydrogens is 617 g/mol. The zero-order valence-electron chi connectivity index (χ0n) is 28.3. The molecule has 0 saturated carbocycles. The van der Waals surface area contributed by atoms with Crippen LogP contribution in [0.5, 0.6) is 0 Å². The van der Waals surface area contributed by atoms with Crippen molar-refractivity contribution in [3.8, 4) is 27.9 Å². The minimum absolute atomic E-state index is 0.496. The quantitative estimate of drug-likeness (QED) is 0.166. The predicted octanol–water partition coefficient (Wildman–Crippen LogP) is 12.7. The van der Waals surface area contributed by atoms with Crippen molar-refractivity contribution >= 4 is 45.1 Å². The molecule has 0 unspecified atom stereocenters. The van der Waals surface area contributed by atoms with Gasteiger partial charge in [-0.05, 0) is 98.5 Å². The van der Waals surface area contributed by atoms with Crippen LogP contribution in [-0.4, -0.2) is 10.3 Å². The highest BCUT2D eigenvalue weighted by atomic mass is 15.0. The van der Waals surface area contributed by atoms with E-state index in [-0.39, 0.29) is 0 Å². The largest absolute Gasteiger partial charge is 0.309 e. The van der Waals surface area contributed by atoms with E-state index in [1.54, 1.807) is 0 Å². The van der Waals surface area contributed by atoms with Gasteiger partial charge in [0.05, 0.1) is 16.9 Å². The number of hydrogen-bond acceptors (Lipinski definition) is 1. The number of aromatic nitrogens is 1. The number of fused-ring (bicyclic) bond motifs is 3. The van der Waals surface area contributed by atoms with Crippen molar-refractivity contribution in [1.29, 1.82) is 5.41 Å². The summed E-state index contributed by atoms with van der Waals surface area (Å²) in [5.41, 5.74) is 15.6. The number of allylic oxidation sites excluding steroid dienone is 1. The lowest BCUT2D eigenvalue weighted by atomic mass is 9.77.